The van der Waals surface area contributed by atoms with E-state index in [9.17, 15) is 9.59 Å². The molecule has 1 amide bonds. The highest BCUT2D eigenvalue weighted by Gasteiger charge is 2.59. The monoisotopic (exact) mass is 501 g/mol. The molecule has 3 aliphatic rings. The number of carbonyl (C=O) groups excluding carboxylic acids is 2. The van der Waals surface area contributed by atoms with Crippen molar-refractivity contribution >= 4 is 57.7 Å². The molecule has 3 aromatic carbocycles. The number of fused-ring (bicyclic) bond motifs is 1. The Morgan fingerprint density at radius 1 is 0.943 bits per heavy atom. The molecule has 1 atom stereocenters. The van der Waals surface area contributed by atoms with E-state index in [4.69, 9.17) is 9.47 Å². The number of anilines is 2. The average Bonchev–Trinajstić information content (AvgIpc) is 3.56. The van der Waals surface area contributed by atoms with Crippen molar-refractivity contribution in [2.24, 2.45) is 5.10 Å². The smallest absolute Gasteiger partial charge is 0.268 e. The van der Waals surface area contributed by atoms with E-state index in [0.717, 1.165) is 11.3 Å². The van der Waals surface area contributed by atoms with Crippen LogP contribution in [0.5, 0.6) is 11.5 Å². The Bertz CT molecular complexity index is 1390. The number of hydrazone groups is 1. The second-order valence-electron chi connectivity index (χ2n) is 7.96. The van der Waals surface area contributed by atoms with Crippen molar-refractivity contribution in [1.29, 1.82) is 0 Å². The molecule has 1 fully saturated rings. The van der Waals surface area contributed by atoms with Crippen molar-refractivity contribution in [3.8, 4) is 11.5 Å². The zero-order chi connectivity index (χ0) is 24.0. The first-order valence-corrected chi connectivity index (χ1v) is 12.5. The number of para-hydroxylation sites is 2. The average molecular weight is 502 g/mol. The molecule has 0 saturated carbocycles. The molecule has 7 nitrogen and oxygen atoms in total. The van der Waals surface area contributed by atoms with E-state index in [2.05, 4.69) is 5.10 Å². The maximum atomic E-state index is 14.0. The van der Waals surface area contributed by atoms with Crippen LogP contribution in [0, 0.1) is 0 Å². The van der Waals surface area contributed by atoms with Gasteiger partial charge in [-0.15, -0.1) is 0 Å². The lowest BCUT2D eigenvalue weighted by Gasteiger charge is -2.38. The van der Waals surface area contributed by atoms with Gasteiger partial charge >= 0.3 is 0 Å². The van der Waals surface area contributed by atoms with Crippen molar-refractivity contribution in [3.63, 3.8) is 0 Å². The third-order valence-corrected chi connectivity index (χ3v) is 8.46. The summed E-state index contributed by atoms with van der Waals surface area (Å²) in [6.07, 6.45) is 1.84. The molecule has 3 aromatic rings. The Hall–Kier alpha value is -3.69. The zero-order valence-corrected chi connectivity index (χ0v) is 20.2. The van der Waals surface area contributed by atoms with E-state index >= 15 is 0 Å². The molecule has 9 heteroatoms. The van der Waals surface area contributed by atoms with Crippen LogP contribution < -0.4 is 19.4 Å². The largest absolute Gasteiger partial charge is 0.454 e. The second-order valence-corrected chi connectivity index (χ2v) is 10.6. The standard InChI is InChI=1S/C26H19N3O4S2/c1-17(30)24-27-29(20-10-6-3-7-11-20)26(35-24)28(19-8-4-2-5-9-19)25(31)23(34-26)15-18-12-13-21-22(14-18)33-16-32-21/h2-15H,16H2,1H3/b23-15-/t26-/m0/s1. The molecule has 0 aliphatic carbocycles. The van der Waals surface area contributed by atoms with Crippen molar-refractivity contribution in [3.05, 3.63) is 89.3 Å². The van der Waals surface area contributed by atoms with Crippen LogP contribution in [0.3, 0.4) is 0 Å². The zero-order valence-electron chi connectivity index (χ0n) is 18.6. The Labute approximate surface area is 210 Å². The van der Waals surface area contributed by atoms with Crippen LogP contribution in [0.25, 0.3) is 6.08 Å². The lowest BCUT2D eigenvalue weighted by atomic mass is 10.2. The number of ketones is 1. The number of benzene rings is 3. The van der Waals surface area contributed by atoms with Gasteiger partial charge in [0.1, 0.15) is 0 Å². The number of hydrogen-bond donors (Lipinski definition) is 0. The Morgan fingerprint density at radius 3 is 2.34 bits per heavy atom. The molecule has 3 heterocycles. The van der Waals surface area contributed by atoms with Crippen LogP contribution in [0.2, 0.25) is 0 Å². The summed E-state index contributed by atoms with van der Waals surface area (Å²) in [5.41, 5.74) is 2.31. The summed E-state index contributed by atoms with van der Waals surface area (Å²) < 4.78 is 9.88. The topological polar surface area (TPSA) is 71.4 Å². The van der Waals surface area contributed by atoms with E-state index < -0.39 is 4.33 Å². The summed E-state index contributed by atoms with van der Waals surface area (Å²) in [7, 11) is 0. The fraction of sp³-hybridized carbons (Fsp3) is 0.115. The predicted molar refractivity (Wildman–Crippen MR) is 139 cm³/mol. The number of rotatable bonds is 4. The first kappa shape index (κ1) is 21.8. The van der Waals surface area contributed by atoms with Crippen molar-refractivity contribution in [2.45, 2.75) is 11.3 Å². The van der Waals surface area contributed by atoms with Crippen LogP contribution in [-0.4, -0.2) is 27.9 Å². The summed E-state index contributed by atoms with van der Waals surface area (Å²) >= 11 is 2.65. The van der Waals surface area contributed by atoms with Gasteiger partial charge in [0.25, 0.3) is 5.91 Å². The van der Waals surface area contributed by atoms with Gasteiger partial charge in [-0.2, -0.15) is 5.10 Å². The summed E-state index contributed by atoms with van der Waals surface area (Å²) in [5.74, 6) is 1.00. The molecule has 1 saturated heterocycles. The molecule has 0 radical (unpaired) electrons. The van der Waals surface area contributed by atoms with Gasteiger partial charge in [-0.25, -0.2) is 5.01 Å². The molecule has 3 aliphatic heterocycles. The summed E-state index contributed by atoms with van der Waals surface area (Å²) in [4.78, 5) is 28.6. The van der Waals surface area contributed by atoms with Gasteiger partial charge in [0.2, 0.25) is 11.1 Å². The van der Waals surface area contributed by atoms with Crippen LogP contribution in [-0.2, 0) is 9.59 Å². The fourth-order valence-electron chi connectivity index (χ4n) is 4.05. The van der Waals surface area contributed by atoms with Gasteiger partial charge in [0.05, 0.1) is 10.6 Å². The first-order valence-electron chi connectivity index (χ1n) is 10.9. The highest BCUT2D eigenvalue weighted by atomic mass is 32.2. The highest BCUT2D eigenvalue weighted by molar-refractivity contribution is 8.29. The van der Waals surface area contributed by atoms with E-state index in [1.54, 1.807) is 9.91 Å². The van der Waals surface area contributed by atoms with Gasteiger partial charge in [0.15, 0.2) is 22.3 Å². The van der Waals surface area contributed by atoms with Crippen molar-refractivity contribution in [2.75, 3.05) is 16.7 Å². The third-order valence-electron chi connectivity index (χ3n) is 5.64. The van der Waals surface area contributed by atoms with E-state index in [1.165, 1.54) is 30.4 Å². The van der Waals surface area contributed by atoms with Gasteiger partial charge < -0.3 is 9.47 Å². The molecule has 0 N–H and O–H groups in total. The molecule has 0 unspecified atom stereocenters. The van der Waals surface area contributed by atoms with Gasteiger partial charge in [-0.05, 0) is 59.8 Å². The van der Waals surface area contributed by atoms with E-state index in [1.807, 2.05) is 84.9 Å². The highest BCUT2D eigenvalue weighted by Crippen LogP contribution is 2.59. The summed E-state index contributed by atoms with van der Waals surface area (Å²) in [6.45, 7) is 1.67. The maximum absolute atomic E-state index is 14.0. The molecule has 0 bridgehead atoms. The first-order chi connectivity index (χ1) is 17.0. The molecule has 35 heavy (non-hydrogen) atoms. The molecule has 174 valence electrons. The number of hydrogen-bond acceptors (Lipinski definition) is 8. The molecule has 1 spiro atoms. The molecular weight excluding hydrogens is 482 g/mol. The molecular formula is C26H19N3O4S2. The van der Waals surface area contributed by atoms with Crippen LogP contribution in [0.1, 0.15) is 12.5 Å². The van der Waals surface area contributed by atoms with Crippen LogP contribution in [0.4, 0.5) is 11.4 Å². The Balaban J connectivity index is 1.49. The minimum Gasteiger partial charge on any atom is -0.454 e. The van der Waals surface area contributed by atoms with Crippen molar-refractivity contribution < 1.29 is 19.1 Å². The Morgan fingerprint density at radius 2 is 1.63 bits per heavy atom. The SMILES string of the molecule is CC(=O)C1=NN(c2ccccc2)[C@]2(S1)S/C(=C\c1ccc3c(c1)OCO3)C(=O)N2c1ccccc1. The quantitative estimate of drug-likeness (QED) is 0.449. The minimum absolute atomic E-state index is 0.151. The fourth-order valence-corrected chi connectivity index (χ4v) is 6.93. The van der Waals surface area contributed by atoms with E-state index in [0.29, 0.717) is 27.1 Å². The molecule has 0 aromatic heterocycles. The second kappa shape index (κ2) is 8.51. The normalized spacial score (nSPS) is 21.8. The lowest BCUT2D eigenvalue weighted by Crippen LogP contribution is -2.51. The summed E-state index contributed by atoms with van der Waals surface area (Å²) in [6, 6.07) is 24.6. The van der Waals surface area contributed by atoms with Crippen LogP contribution >= 0.6 is 23.5 Å². The van der Waals surface area contributed by atoms with Gasteiger partial charge in [-0.1, -0.05) is 54.2 Å². The van der Waals surface area contributed by atoms with Gasteiger partial charge in [-0.3, -0.25) is 14.5 Å². The third kappa shape index (κ3) is 3.67. The van der Waals surface area contributed by atoms with Crippen LogP contribution in [0.15, 0.2) is 88.9 Å². The lowest BCUT2D eigenvalue weighted by molar-refractivity contribution is -0.114. The number of Topliss-reactive ketones (excluding diaryl/α,β-unsaturated/α-hetero) is 1. The number of nitrogens with zero attached hydrogens (tertiary/aromatic N) is 3. The number of amides is 1. The predicted octanol–water partition coefficient (Wildman–Crippen LogP) is 5.30. The van der Waals surface area contributed by atoms with Gasteiger partial charge in [0, 0.05) is 12.6 Å². The molecule has 6 rings (SSSR count). The number of ether oxygens (including phenoxy) is 2. The van der Waals surface area contributed by atoms with E-state index in [-0.39, 0.29) is 18.5 Å². The minimum atomic E-state index is -1.04. The maximum Gasteiger partial charge on any atom is 0.268 e. The number of thioether (sulfide) groups is 2. The summed E-state index contributed by atoms with van der Waals surface area (Å²) in [5, 5.41) is 6.79. The Kier molecular flexibility index (Phi) is 5.31. The number of carbonyl (C=O) groups is 2. The van der Waals surface area contributed by atoms with Crippen molar-refractivity contribution in [1.82, 2.24) is 0 Å².